The van der Waals surface area contributed by atoms with E-state index in [9.17, 15) is 14.7 Å². The zero-order valence-electron chi connectivity index (χ0n) is 17.5. The second-order valence-electron chi connectivity index (χ2n) is 7.84. The van der Waals surface area contributed by atoms with Gasteiger partial charge in [-0.05, 0) is 41.8 Å². The zero-order valence-corrected chi connectivity index (χ0v) is 18.3. The Morgan fingerprint density at radius 1 is 1.00 bits per heavy atom. The summed E-state index contributed by atoms with van der Waals surface area (Å²) in [6, 6.07) is 20.8. The number of fused-ring (bicyclic) bond motifs is 1. The third kappa shape index (κ3) is 3.94. The number of aliphatic hydroxyl groups is 1. The summed E-state index contributed by atoms with van der Waals surface area (Å²) in [7, 11) is 0. The number of rotatable bonds is 6. The van der Waals surface area contributed by atoms with Crippen molar-refractivity contribution in [2.24, 2.45) is 0 Å². The predicted octanol–water partition coefficient (Wildman–Crippen LogP) is 5.17. The van der Waals surface area contributed by atoms with E-state index in [0.29, 0.717) is 34.2 Å². The van der Waals surface area contributed by atoms with E-state index in [4.69, 9.17) is 21.1 Å². The second kappa shape index (κ2) is 8.64. The number of nitrogens with zero attached hydrogens (tertiary/aromatic N) is 1. The molecule has 1 unspecified atom stereocenters. The smallest absolute Gasteiger partial charge is 0.294 e. The van der Waals surface area contributed by atoms with Crippen LogP contribution in [0.2, 0.25) is 5.02 Å². The van der Waals surface area contributed by atoms with Crippen LogP contribution in [0, 0.1) is 0 Å². The Kier molecular flexibility index (Phi) is 5.52. The van der Waals surface area contributed by atoms with Crippen molar-refractivity contribution in [3.8, 4) is 11.5 Å². The van der Waals surface area contributed by atoms with Gasteiger partial charge < -0.3 is 14.6 Å². The molecular weight excluding hydrogens is 442 g/mol. The lowest BCUT2D eigenvalue weighted by atomic mass is 9.93. The van der Waals surface area contributed by atoms with E-state index in [1.165, 1.54) is 4.90 Å². The molecule has 0 bridgehead atoms. The molecule has 0 aliphatic carbocycles. The largest absolute Gasteiger partial charge is 0.503 e. The van der Waals surface area contributed by atoms with Gasteiger partial charge in [-0.2, -0.15) is 0 Å². The highest BCUT2D eigenvalue weighted by Gasteiger charge is 2.44. The topological polar surface area (TPSA) is 76.1 Å². The number of ketones is 1. The maximum atomic E-state index is 13.3. The Hall–Kier alpha value is -3.77. The number of Topliss-reactive ketones (excluding diaryl/α,β-unsaturated/α-hetero) is 1. The Bertz CT molecular complexity index is 1250. The average molecular weight is 462 g/mol. The van der Waals surface area contributed by atoms with Crippen molar-refractivity contribution in [3.63, 3.8) is 0 Å². The summed E-state index contributed by atoms with van der Waals surface area (Å²) in [5.41, 5.74) is 2.24. The second-order valence-corrected chi connectivity index (χ2v) is 8.27. The molecule has 0 aromatic heterocycles. The van der Waals surface area contributed by atoms with Crippen LogP contribution in [0.5, 0.6) is 11.5 Å². The van der Waals surface area contributed by atoms with E-state index in [1.807, 2.05) is 30.3 Å². The Morgan fingerprint density at radius 2 is 1.73 bits per heavy atom. The molecular formula is C26H20ClNO5. The van der Waals surface area contributed by atoms with Crippen LogP contribution >= 0.6 is 11.6 Å². The molecule has 6 nitrogen and oxygen atoms in total. The van der Waals surface area contributed by atoms with Crippen LogP contribution in [0.1, 0.15) is 23.6 Å². The highest BCUT2D eigenvalue weighted by Crippen LogP contribution is 2.44. The fourth-order valence-corrected chi connectivity index (χ4v) is 4.32. The van der Waals surface area contributed by atoms with Gasteiger partial charge in [-0.25, -0.2) is 0 Å². The van der Waals surface area contributed by atoms with E-state index >= 15 is 0 Å². The van der Waals surface area contributed by atoms with Crippen molar-refractivity contribution in [2.75, 3.05) is 11.7 Å². The number of anilines is 1. The molecule has 166 valence electrons. The summed E-state index contributed by atoms with van der Waals surface area (Å²) in [5, 5.41) is 11.4. The first-order chi connectivity index (χ1) is 16.0. The first-order valence-corrected chi connectivity index (χ1v) is 10.9. The van der Waals surface area contributed by atoms with Crippen LogP contribution < -0.4 is 14.4 Å². The monoisotopic (exact) mass is 461 g/mol. The number of aliphatic hydroxyl groups excluding tert-OH is 1. The van der Waals surface area contributed by atoms with E-state index in [1.54, 1.807) is 42.5 Å². The number of hydrogen-bond donors (Lipinski definition) is 1. The van der Waals surface area contributed by atoms with Crippen LogP contribution in [-0.2, 0) is 16.0 Å². The van der Waals surface area contributed by atoms with Crippen molar-refractivity contribution in [1.82, 2.24) is 0 Å². The molecule has 0 fully saturated rings. The maximum Gasteiger partial charge on any atom is 0.294 e. The fourth-order valence-electron chi connectivity index (χ4n) is 4.19. The van der Waals surface area contributed by atoms with Gasteiger partial charge in [0.1, 0.15) is 0 Å². The minimum atomic E-state index is -0.793. The summed E-state index contributed by atoms with van der Waals surface area (Å²) in [6.45, 7) is 0.0973. The summed E-state index contributed by atoms with van der Waals surface area (Å²) in [5.74, 6) is -0.390. The van der Waals surface area contributed by atoms with Crippen LogP contribution in [0.15, 0.2) is 84.1 Å². The van der Waals surface area contributed by atoms with Gasteiger partial charge in [0, 0.05) is 23.2 Å². The summed E-state index contributed by atoms with van der Waals surface area (Å²) < 4.78 is 10.8. The van der Waals surface area contributed by atoms with Crippen LogP contribution in [0.4, 0.5) is 5.69 Å². The molecule has 1 atom stereocenters. The van der Waals surface area contributed by atoms with Crippen molar-refractivity contribution in [3.05, 3.63) is 100 Å². The number of hydrogen-bond acceptors (Lipinski definition) is 5. The number of aryl methyl sites for hydroxylation is 1. The molecule has 1 N–H and O–H groups in total. The van der Waals surface area contributed by atoms with E-state index in [2.05, 4.69) is 0 Å². The van der Waals surface area contributed by atoms with Gasteiger partial charge in [0.15, 0.2) is 23.0 Å². The number of halogens is 1. The molecule has 7 heteroatoms. The molecule has 3 aromatic rings. The van der Waals surface area contributed by atoms with Crippen LogP contribution in [0.25, 0.3) is 0 Å². The Labute approximate surface area is 195 Å². The third-order valence-electron chi connectivity index (χ3n) is 5.81. The number of carbonyl (C=O) groups is 2. The predicted molar refractivity (Wildman–Crippen MR) is 124 cm³/mol. The number of carbonyl (C=O) groups excluding carboxylic acids is 2. The summed E-state index contributed by atoms with van der Waals surface area (Å²) in [4.78, 5) is 27.9. The van der Waals surface area contributed by atoms with Gasteiger partial charge in [0.2, 0.25) is 6.79 Å². The van der Waals surface area contributed by atoms with E-state index < -0.39 is 17.7 Å². The SMILES string of the molecule is O=C(CCc1ccccc1)C1=C(O)C(=O)N(c2ccc3c(c2)OCO3)C1c1ccc(Cl)cc1. The minimum Gasteiger partial charge on any atom is -0.503 e. The highest BCUT2D eigenvalue weighted by molar-refractivity contribution is 6.30. The lowest BCUT2D eigenvalue weighted by Gasteiger charge is -2.27. The number of ether oxygens (including phenoxy) is 2. The molecule has 2 aliphatic rings. The normalized spacial score (nSPS) is 17.1. The molecule has 33 heavy (non-hydrogen) atoms. The number of benzene rings is 3. The van der Waals surface area contributed by atoms with Gasteiger partial charge >= 0.3 is 0 Å². The summed E-state index contributed by atoms with van der Waals surface area (Å²) in [6.07, 6.45) is 0.664. The van der Waals surface area contributed by atoms with Gasteiger partial charge in [0.25, 0.3) is 5.91 Å². The van der Waals surface area contributed by atoms with Crippen molar-refractivity contribution in [2.45, 2.75) is 18.9 Å². The highest BCUT2D eigenvalue weighted by atomic mass is 35.5. The quantitative estimate of drug-likeness (QED) is 0.548. The van der Waals surface area contributed by atoms with Crippen LogP contribution in [-0.4, -0.2) is 23.6 Å². The lowest BCUT2D eigenvalue weighted by Crippen LogP contribution is -2.31. The van der Waals surface area contributed by atoms with Gasteiger partial charge in [-0.1, -0.05) is 54.1 Å². The molecule has 2 heterocycles. The molecule has 0 radical (unpaired) electrons. The van der Waals surface area contributed by atoms with E-state index in [-0.39, 0.29) is 24.6 Å². The molecule has 0 spiro atoms. The first kappa shape index (κ1) is 21.1. The fraction of sp³-hybridized carbons (Fsp3) is 0.154. The summed E-state index contributed by atoms with van der Waals surface area (Å²) >= 11 is 6.07. The lowest BCUT2D eigenvalue weighted by molar-refractivity contribution is -0.118. The Balaban J connectivity index is 1.53. The number of amides is 1. The molecule has 5 rings (SSSR count). The molecule has 0 saturated carbocycles. The molecule has 0 saturated heterocycles. The third-order valence-corrected chi connectivity index (χ3v) is 6.06. The maximum absolute atomic E-state index is 13.3. The molecule has 3 aromatic carbocycles. The Morgan fingerprint density at radius 3 is 2.48 bits per heavy atom. The van der Waals surface area contributed by atoms with E-state index in [0.717, 1.165) is 5.56 Å². The van der Waals surface area contributed by atoms with Crippen molar-refractivity contribution >= 4 is 29.0 Å². The van der Waals surface area contributed by atoms with Crippen molar-refractivity contribution in [1.29, 1.82) is 0 Å². The first-order valence-electron chi connectivity index (χ1n) is 10.5. The van der Waals surface area contributed by atoms with Crippen LogP contribution in [0.3, 0.4) is 0 Å². The molecule has 1 amide bonds. The van der Waals surface area contributed by atoms with Gasteiger partial charge in [-0.15, -0.1) is 0 Å². The van der Waals surface area contributed by atoms with Crippen molar-refractivity contribution < 1.29 is 24.2 Å². The average Bonchev–Trinajstić information content (AvgIpc) is 3.41. The minimum absolute atomic E-state index is 0.0796. The standard InChI is InChI=1S/C26H20ClNO5/c27-18-9-7-17(8-10-18)24-23(20(29)12-6-16-4-2-1-3-5-16)25(30)26(31)28(24)19-11-13-21-22(14-19)33-15-32-21/h1-5,7-11,13-14,24,30H,6,12,15H2. The molecule has 2 aliphatic heterocycles. The van der Waals surface area contributed by atoms with Gasteiger partial charge in [-0.3, -0.25) is 14.5 Å². The van der Waals surface area contributed by atoms with Gasteiger partial charge in [0.05, 0.1) is 11.6 Å². The zero-order chi connectivity index (χ0) is 22.9.